The number of amides is 2. The van der Waals surface area contributed by atoms with Gasteiger partial charge in [-0.2, -0.15) is 18.4 Å². The van der Waals surface area contributed by atoms with Crippen molar-refractivity contribution in [2.75, 3.05) is 11.6 Å². The van der Waals surface area contributed by atoms with E-state index < -0.39 is 23.8 Å². The van der Waals surface area contributed by atoms with Gasteiger partial charge in [-0.1, -0.05) is 0 Å². The van der Waals surface area contributed by atoms with Crippen LogP contribution in [0.5, 0.6) is 0 Å². The fourth-order valence-corrected chi connectivity index (χ4v) is 6.04. The molecule has 2 amide bonds. The second kappa shape index (κ2) is 8.36. The number of hydrogen-bond acceptors (Lipinski definition) is 5. The predicted octanol–water partition coefficient (Wildman–Crippen LogP) is 2.84. The first-order valence-electron chi connectivity index (χ1n) is 10.2. The van der Waals surface area contributed by atoms with Crippen molar-refractivity contribution in [3.8, 4) is 6.07 Å². The molecule has 6 nitrogen and oxygen atoms in total. The van der Waals surface area contributed by atoms with E-state index >= 15 is 0 Å². The normalized spacial score (nSPS) is 29.0. The second-order valence-electron chi connectivity index (χ2n) is 8.38. The summed E-state index contributed by atoms with van der Waals surface area (Å²) in [6.07, 6.45) is -1.72. The molecule has 31 heavy (non-hydrogen) atoms. The van der Waals surface area contributed by atoms with Crippen LogP contribution in [0.4, 0.5) is 13.2 Å². The van der Waals surface area contributed by atoms with Gasteiger partial charge in [-0.15, -0.1) is 11.8 Å². The fraction of sp³-hybridized carbons (Fsp3) is 0.571. The summed E-state index contributed by atoms with van der Waals surface area (Å²) in [5, 5.41) is 9.23. The van der Waals surface area contributed by atoms with Crippen LogP contribution in [0.3, 0.4) is 0 Å². The van der Waals surface area contributed by atoms with E-state index in [1.54, 1.807) is 4.90 Å². The Labute approximate surface area is 182 Å². The fourth-order valence-electron chi connectivity index (χ4n) is 4.95. The molecule has 4 unspecified atom stereocenters. The molecule has 3 saturated heterocycles. The van der Waals surface area contributed by atoms with Crippen LogP contribution in [-0.2, 0) is 11.0 Å². The molecule has 166 valence electrons. The van der Waals surface area contributed by atoms with Gasteiger partial charge in [0.15, 0.2) is 0 Å². The molecule has 3 fully saturated rings. The average Bonchev–Trinajstić information content (AvgIpc) is 3.33. The highest BCUT2D eigenvalue weighted by Crippen LogP contribution is 2.41. The van der Waals surface area contributed by atoms with Crippen LogP contribution in [0.1, 0.15) is 41.6 Å². The average molecular weight is 453 g/mol. The summed E-state index contributed by atoms with van der Waals surface area (Å²) < 4.78 is 38.4. The molecule has 0 spiro atoms. The smallest absolute Gasteiger partial charge is 0.333 e. The summed E-state index contributed by atoms with van der Waals surface area (Å²) in [6, 6.07) is 5.09. The number of fused-ring (bicyclic) bond motifs is 2. The number of nitrogens with zero attached hydrogens (tertiary/aromatic N) is 3. The van der Waals surface area contributed by atoms with Crippen molar-refractivity contribution in [2.45, 2.75) is 56.0 Å². The number of halogens is 3. The van der Waals surface area contributed by atoms with Crippen molar-refractivity contribution in [2.24, 2.45) is 11.7 Å². The Morgan fingerprint density at radius 3 is 2.32 bits per heavy atom. The lowest BCUT2D eigenvalue weighted by Gasteiger charge is -2.41. The summed E-state index contributed by atoms with van der Waals surface area (Å²) in [6.45, 7) is 0. The molecule has 3 heterocycles. The van der Waals surface area contributed by atoms with Crippen LogP contribution in [0.2, 0.25) is 0 Å². The quantitative estimate of drug-likeness (QED) is 0.762. The minimum Gasteiger partial charge on any atom is -0.333 e. The Balaban J connectivity index is 1.44. The first-order chi connectivity index (χ1) is 14.7. The number of benzene rings is 1. The third-order valence-corrected chi connectivity index (χ3v) is 7.58. The van der Waals surface area contributed by atoms with Gasteiger partial charge in [0.1, 0.15) is 6.04 Å². The third-order valence-electron chi connectivity index (χ3n) is 6.57. The lowest BCUT2D eigenvalue weighted by atomic mass is 9.84. The lowest BCUT2D eigenvalue weighted by Crippen LogP contribution is -2.55. The third kappa shape index (κ3) is 4.13. The van der Waals surface area contributed by atoms with E-state index in [0.29, 0.717) is 24.5 Å². The molecular weight excluding hydrogens is 429 g/mol. The molecule has 0 aliphatic carbocycles. The molecular formula is C21H23F3N4O2S. The van der Waals surface area contributed by atoms with Crippen LogP contribution >= 0.6 is 11.8 Å². The number of thioether (sulfide) groups is 1. The van der Waals surface area contributed by atoms with Crippen molar-refractivity contribution < 1.29 is 22.8 Å². The van der Waals surface area contributed by atoms with Gasteiger partial charge < -0.3 is 15.5 Å². The highest BCUT2D eigenvalue weighted by molar-refractivity contribution is 7.99. The number of nitrogens with two attached hydrogens (primary N) is 1. The molecule has 1 aromatic rings. The Morgan fingerprint density at radius 1 is 1.16 bits per heavy atom. The SMILES string of the molecule is N#CC1CSCN1C(=O)C(N)C1CC2CCC(C1)N2C(=O)c1ccc(C(F)(F)F)cc1. The summed E-state index contributed by atoms with van der Waals surface area (Å²) >= 11 is 1.53. The summed E-state index contributed by atoms with van der Waals surface area (Å²) in [5.74, 6) is 0.457. The predicted molar refractivity (Wildman–Crippen MR) is 109 cm³/mol. The van der Waals surface area contributed by atoms with Crippen LogP contribution in [-0.4, -0.2) is 57.4 Å². The summed E-state index contributed by atoms with van der Waals surface area (Å²) in [5.41, 5.74) is 5.76. The van der Waals surface area contributed by atoms with E-state index in [2.05, 4.69) is 6.07 Å². The monoisotopic (exact) mass is 452 g/mol. The highest BCUT2D eigenvalue weighted by Gasteiger charge is 2.47. The minimum atomic E-state index is -4.44. The molecule has 0 saturated carbocycles. The van der Waals surface area contributed by atoms with E-state index in [4.69, 9.17) is 5.73 Å². The maximum atomic E-state index is 13.0. The van der Waals surface area contributed by atoms with Gasteiger partial charge in [-0.3, -0.25) is 9.59 Å². The molecule has 0 radical (unpaired) electrons. The first kappa shape index (κ1) is 22.0. The molecule has 1 aromatic carbocycles. The number of carbonyl (C=O) groups excluding carboxylic acids is 2. The number of nitriles is 1. The van der Waals surface area contributed by atoms with Gasteiger partial charge in [0.05, 0.1) is 23.6 Å². The van der Waals surface area contributed by atoms with E-state index in [1.165, 1.54) is 28.8 Å². The lowest BCUT2D eigenvalue weighted by molar-refractivity contribution is -0.137. The van der Waals surface area contributed by atoms with E-state index in [0.717, 1.165) is 25.0 Å². The van der Waals surface area contributed by atoms with Crippen molar-refractivity contribution in [1.29, 1.82) is 5.26 Å². The first-order valence-corrected chi connectivity index (χ1v) is 11.4. The molecule has 3 aliphatic rings. The maximum absolute atomic E-state index is 13.0. The largest absolute Gasteiger partial charge is 0.416 e. The van der Waals surface area contributed by atoms with E-state index in [9.17, 15) is 28.0 Å². The van der Waals surface area contributed by atoms with Crippen molar-refractivity contribution in [1.82, 2.24) is 9.80 Å². The zero-order valence-corrected chi connectivity index (χ0v) is 17.5. The number of carbonyl (C=O) groups is 2. The number of piperidine rings is 1. The van der Waals surface area contributed by atoms with Crippen LogP contribution in [0, 0.1) is 17.2 Å². The van der Waals surface area contributed by atoms with Crippen molar-refractivity contribution in [3.63, 3.8) is 0 Å². The maximum Gasteiger partial charge on any atom is 0.416 e. The van der Waals surface area contributed by atoms with Gasteiger partial charge in [0.2, 0.25) is 5.91 Å². The summed E-state index contributed by atoms with van der Waals surface area (Å²) in [7, 11) is 0. The zero-order valence-electron chi connectivity index (χ0n) is 16.7. The van der Waals surface area contributed by atoms with Gasteiger partial charge >= 0.3 is 6.18 Å². The van der Waals surface area contributed by atoms with Gasteiger partial charge in [-0.05, 0) is 55.9 Å². The Kier molecular flexibility index (Phi) is 5.92. The van der Waals surface area contributed by atoms with Crippen LogP contribution in [0.15, 0.2) is 24.3 Å². The van der Waals surface area contributed by atoms with Crippen molar-refractivity contribution >= 4 is 23.6 Å². The second-order valence-corrected chi connectivity index (χ2v) is 9.38. The van der Waals surface area contributed by atoms with E-state index in [-0.39, 0.29) is 35.4 Å². The number of alkyl halides is 3. The van der Waals surface area contributed by atoms with Gasteiger partial charge in [0.25, 0.3) is 5.91 Å². The molecule has 0 aromatic heterocycles. The standard InChI is InChI=1S/C21H23F3N4O2S/c22-21(23,24)14-3-1-12(2-4-14)19(29)28-15-5-6-16(28)8-13(7-15)18(26)20(30)27-11-31-10-17(27)9-25/h1-4,13,15-18H,5-8,10-11,26H2. The van der Waals surface area contributed by atoms with Crippen molar-refractivity contribution in [3.05, 3.63) is 35.4 Å². The molecule has 4 atom stereocenters. The zero-order chi connectivity index (χ0) is 22.3. The van der Waals surface area contributed by atoms with Crippen LogP contribution < -0.4 is 5.73 Å². The number of hydrogen-bond donors (Lipinski definition) is 1. The van der Waals surface area contributed by atoms with Crippen LogP contribution in [0.25, 0.3) is 0 Å². The van der Waals surface area contributed by atoms with Gasteiger partial charge in [0, 0.05) is 23.4 Å². The molecule has 3 aliphatic heterocycles. The molecule has 4 rings (SSSR count). The minimum absolute atomic E-state index is 0.0860. The Bertz CT molecular complexity index is 887. The molecule has 10 heteroatoms. The topological polar surface area (TPSA) is 90.4 Å². The Hall–Kier alpha value is -2.25. The summed E-state index contributed by atoms with van der Waals surface area (Å²) in [4.78, 5) is 29.2. The van der Waals surface area contributed by atoms with E-state index in [1.807, 2.05) is 0 Å². The number of rotatable bonds is 3. The molecule has 2 bridgehead atoms. The highest BCUT2D eigenvalue weighted by atomic mass is 32.2. The molecule has 2 N–H and O–H groups in total. The van der Waals surface area contributed by atoms with Gasteiger partial charge in [-0.25, -0.2) is 0 Å². The Morgan fingerprint density at radius 2 is 1.77 bits per heavy atom.